The summed E-state index contributed by atoms with van der Waals surface area (Å²) in [4.78, 5) is 24.0. The molecule has 0 aromatic carbocycles. The van der Waals surface area contributed by atoms with E-state index < -0.39 is 0 Å². The van der Waals surface area contributed by atoms with Crippen LogP contribution in [0.25, 0.3) is 0 Å². The van der Waals surface area contributed by atoms with E-state index in [9.17, 15) is 9.59 Å². The van der Waals surface area contributed by atoms with Crippen molar-refractivity contribution in [1.82, 2.24) is 10.2 Å². The third-order valence-corrected chi connectivity index (χ3v) is 2.73. The lowest BCUT2D eigenvalue weighted by molar-refractivity contribution is -0.138. The van der Waals surface area contributed by atoms with Gasteiger partial charge in [-0.3, -0.25) is 14.5 Å². The van der Waals surface area contributed by atoms with Crippen LogP contribution in [0.4, 0.5) is 0 Å². The summed E-state index contributed by atoms with van der Waals surface area (Å²) >= 11 is 0. The zero-order valence-electron chi connectivity index (χ0n) is 9.58. The molecule has 0 aliphatic carbocycles. The molecule has 1 N–H and O–H groups in total. The second kappa shape index (κ2) is 5.85. The van der Waals surface area contributed by atoms with Crippen molar-refractivity contribution < 1.29 is 9.59 Å². The predicted molar refractivity (Wildman–Crippen MR) is 58.3 cm³/mol. The Balaban J connectivity index is 2.19. The fourth-order valence-electron chi connectivity index (χ4n) is 1.88. The largest absolute Gasteiger partial charge is 0.315 e. The number of hydrogen-bond acceptors (Lipinski definition) is 3. The van der Waals surface area contributed by atoms with Crippen molar-refractivity contribution >= 4 is 11.8 Å². The SMILES string of the molecule is CCNC(C)CCCN1C(=O)CCC1=O. The van der Waals surface area contributed by atoms with Crippen LogP contribution in [-0.4, -0.2) is 35.8 Å². The van der Waals surface area contributed by atoms with Gasteiger partial charge in [0.15, 0.2) is 0 Å². The Labute approximate surface area is 91.0 Å². The van der Waals surface area contributed by atoms with Crippen LogP contribution in [0, 0.1) is 0 Å². The monoisotopic (exact) mass is 212 g/mol. The molecular formula is C11H20N2O2. The lowest BCUT2D eigenvalue weighted by atomic mass is 10.2. The minimum absolute atomic E-state index is 0.00361. The molecule has 1 rings (SSSR count). The van der Waals surface area contributed by atoms with Crippen LogP contribution in [0.5, 0.6) is 0 Å². The molecule has 1 saturated heterocycles. The van der Waals surface area contributed by atoms with E-state index in [1.165, 1.54) is 4.90 Å². The van der Waals surface area contributed by atoms with Gasteiger partial charge >= 0.3 is 0 Å². The van der Waals surface area contributed by atoms with Crippen LogP contribution < -0.4 is 5.32 Å². The van der Waals surface area contributed by atoms with Crippen molar-refractivity contribution in [2.45, 2.75) is 45.6 Å². The minimum atomic E-state index is -0.00361. The first-order valence-electron chi connectivity index (χ1n) is 5.71. The molecular weight excluding hydrogens is 192 g/mol. The molecule has 86 valence electrons. The van der Waals surface area contributed by atoms with Gasteiger partial charge in [0, 0.05) is 25.4 Å². The first-order chi connectivity index (χ1) is 7.15. The van der Waals surface area contributed by atoms with Gasteiger partial charge in [0.2, 0.25) is 11.8 Å². The Kier molecular flexibility index (Phi) is 4.75. The van der Waals surface area contributed by atoms with E-state index in [-0.39, 0.29) is 11.8 Å². The van der Waals surface area contributed by atoms with Gasteiger partial charge in [0.25, 0.3) is 0 Å². The van der Waals surface area contributed by atoms with Gasteiger partial charge in [-0.15, -0.1) is 0 Å². The fourth-order valence-corrected chi connectivity index (χ4v) is 1.88. The second-order valence-electron chi connectivity index (χ2n) is 4.04. The molecule has 1 fully saturated rings. The molecule has 0 aromatic rings. The van der Waals surface area contributed by atoms with Gasteiger partial charge in [-0.1, -0.05) is 6.92 Å². The van der Waals surface area contributed by atoms with Crippen molar-refractivity contribution in [2.24, 2.45) is 0 Å². The summed E-state index contributed by atoms with van der Waals surface area (Å²) in [6, 6.07) is 0.461. The highest BCUT2D eigenvalue weighted by atomic mass is 16.2. The maximum Gasteiger partial charge on any atom is 0.229 e. The number of nitrogens with zero attached hydrogens (tertiary/aromatic N) is 1. The summed E-state index contributed by atoms with van der Waals surface area (Å²) in [6.45, 7) is 5.75. The van der Waals surface area contributed by atoms with E-state index >= 15 is 0 Å². The van der Waals surface area contributed by atoms with E-state index in [0.29, 0.717) is 25.4 Å². The predicted octanol–water partition coefficient (Wildman–Crippen LogP) is 0.914. The molecule has 0 radical (unpaired) electrons. The highest BCUT2D eigenvalue weighted by molar-refractivity contribution is 6.01. The van der Waals surface area contributed by atoms with Crippen molar-refractivity contribution in [3.63, 3.8) is 0 Å². The number of rotatable bonds is 6. The Hall–Kier alpha value is -0.900. The maximum absolute atomic E-state index is 11.3. The van der Waals surface area contributed by atoms with Crippen LogP contribution in [-0.2, 0) is 9.59 Å². The molecule has 0 bridgehead atoms. The number of hydrogen-bond donors (Lipinski definition) is 1. The molecule has 4 heteroatoms. The van der Waals surface area contributed by atoms with E-state index in [1.54, 1.807) is 0 Å². The number of amides is 2. The standard InChI is InChI=1S/C11H20N2O2/c1-3-12-9(2)5-4-8-13-10(14)6-7-11(13)15/h9,12H,3-8H2,1-2H3. The van der Waals surface area contributed by atoms with Gasteiger partial charge in [-0.2, -0.15) is 0 Å². The van der Waals surface area contributed by atoms with E-state index in [1.807, 2.05) is 0 Å². The topological polar surface area (TPSA) is 49.4 Å². The highest BCUT2D eigenvalue weighted by Crippen LogP contribution is 2.12. The molecule has 1 heterocycles. The van der Waals surface area contributed by atoms with Crippen molar-refractivity contribution in [2.75, 3.05) is 13.1 Å². The lowest BCUT2D eigenvalue weighted by Gasteiger charge is -2.16. The molecule has 1 aliphatic heterocycles. The number of carbonyl (C=O) groups excluding carboxylic acids is 2. The number of carbonyl (C=O) groups is 2. The molecule has 1 atom stereocenters. The third-order valence-electron chi connectivity index (χ3n) is 2.73. The summed E-state index contributed by atoms with van der Waals surface area (Å²) in [5.74, 6) is -0.00722. The highest BCUT2D eigenvalue weighted by Gasteiger charge is 2.27. The summed E-state index contributed by atoms with van der Waals surface area (Å²) in [5, 5.41) is 3.30. The van der Waals surface area contributed by atoms with Gasteiger partial charge in [0.1, 0.15) is 0 Å². The van der Waals surface area contributed by atoms with Crippen molar-refractivity contribution in [3.8, 4) is 0 Å². The van der Waals surface area contributed by atoms with Crippen LogP contribution >= 0.6 is 0 Å². The van der Waals surface area contributed by atoms with Gasteiger partial charge in [-0.05, 0) is 26.3 Å². The average molecular weight is 212 g/mol. The van der Waals surface area contributed by atoms with Crippen LogP contribution in [0.2, 0.25) is 0 Å². The Morgan fingerprint density at radius 3 is 2.47 bits per heavy atom. The van der Waals surface area contributed by atoms with Crippen LogP contribution in [0.1, 0.15) is 39.5 Å². The van der Waals surface area contributed by atoms with Crippen LogP contribution in [0.3, 0.4) is 0 Å². The number of likely N-dealkylation sites (tertiary alicyclic amines) is 1. The lowest BCUT2D eigenvalue weighted by Crippen LogP contribution is -2.32. The van der Waals surface area contributed by atoms with E-state index in [2.05, 4.69) is 19.2 Å². The molecule has 15 heavy (non-hydrogen) atoms. The summed E-state index contributed by atoms with van der Waals surface area (Å²) in [6.07, 6.45) is 2.71. The first-order valence-corrected chi connectivity index (χ1v) is 5.71. The summed E-state index contributed by atoms with van der Waals surface area (Å²) in [7, 11) is 0. The van der Waals surface area contributed by atoms with Gasteiger partial charge in [0.05, 0.1) is 0 Å². The Morgan fingerprint density at radius 2 is 1.93 bits per heavy atom. The maximum atomic E-state index is 11.3. The molecule has 0 spiro atoms. The molecule has 1 aliphatic rings. The van der Waals surface area contributed by atoms with Crippen molar-refractivity contribution in [3.05, 3.63) is 0 Å². The molecule has 1 unspecified atom stereocenters. The quantitative estimate of drug-likeness (QED) is 0.666. The molecule has 4 nitrogen and oxygen atoms in total. The molecule has 2 amide bonds. The Bertz CT molecular complexity index is 225. The van der Waals surface area contributed by atoms with E-state index in [4.69, 9.17) is 0 Å². The second-order valence-corrected chi connectivity index (χ2v) is 4.04. The Morgan fingerprint density at radius 1 is 1.33 bits per heavy atom. The first kappa shape index (κ1) is 12.2. The average Bonchev–Trinajstić information content (AvgIpc) is 2.49. The zero-order chi connectivity index (χ0) is 11.3. The molecule has 0 saturated carbocycles. The smallest absolute Gasteiger partial charge is 0.229 e. The van der Waals surface area contributed by atoms with Crippen LogP contribution in [0.15, 0.2) is 0 Å². The van der Waals surface area contributed by atoms with Gasteiger partial charge < -0.3 is 5.32 Å². The van der Waals surface area contributed by atoms with Crippen molar-refractivity contribution in [1.29, 1.82) is 0 Å². The fraction of sp³-hybridized carbons (Fsp3) is 0.818. The van der Waals surface area contributed by atoms with Gasteiger partial charge in [-0.25, -0.2) is 0 Å². The molecule has 0 aromatic heterocycles. The normalized spacial score (nSPS) is 18.7. The number of nitrogens with one attached hydrogen (secondary N) is 1. The van der Waals surface area contributed by atoms with E-state index in [0.717, 1.165) is 19.4 Å². The number of imide groups is 1. The zero-order valence-corrected chi connectivity index (χ0v) is 9.58. The third kappa shape index (κ3) is 3.63. The minimum Gasteiger partial charge on any atom is -0.315 e. The summed E-state index contributed by atoms with van der Waals surface area (Å²) < 4.78 is 0. The summed E-state index contributed by atoms with van der Waals surface area (Å²) in [5.41, 5.74) is 0.